The summed E-state index contributed by atoms with van der Waals surface area (Å²) in [6, 6.07) is 0. The van der Waals surface area contributed by atoms with Gasteiger partial charge in [-0.2, -0.15) is 18.2 Å². The minimum Gasteiger partial charge on any atom is -0.372 e. The van der Waals surface area contributed by atoms with E-state index in [2.05, 4.69) is 37.5 Å². The third-order valence-electron chi connectivity index (χ3n) is 6.12. The van der Waals surface area contributed by atoms with E-state index in [-0.39, 0.29) is 30.8 Å². The Hall–Kier alpha value is -2.51. The molecular formula is C22H30F3N7O2S. The maximum absolute atomic E-state index is 13.5. The highest BCUT2D eigenvalue weighted by atomic mass is 32.1. The van der Waals surface area contributed by atoms with Crippen molar-refractivity contribution in [3.63, 3.8) is 0 Å². The summed E-state index contributed by atoms with van der Waals surface area (Å²) in [5, 5.41) is 8.56. The second-order valence-corrected chi connectivity index (χ2v) is 9.68. The second kappa shape index (κ2) is 11.5. The molecule has 0 atom stereocenters. The van der Waals surface area contributed by atoms with E-state index in [1.165, 1.54) is 11.3 Å². The molecule has 0 bridgehead atoms. The average Bonchev–Trinajstić information content (AvgIpc) is 3.18. The Kier molecular flexibility index (Phi) is 8.39. The van der Waals surface area contributed by atoms with Crippen LogP contribution in [-0.4, -0.2) is 83.6 Å². The molecule has 2 aliphatic rings. The van der Waals surface area contributed by atoms with Crippen molar-refractivity contribution in [2.45, 2.75) is 37.8 Å². The van der Waals surface area contributed by atoms with Crippen LogP contribution in [0.1, 0.15) is 42.2 Å². The number of thiazole rings is 1. The molecule has 35 heavy (non-hydrogen) atoms. The highest BCUT2D eigenvalue weighted by molar-refractivity contribution is 7.10. The molecule has 2 aromatic heterocycles. The fourth-order valence-corrected chi connectivity index (χ4v) is 5.06. The van der Waals surface area contributed by atoms with Gasteiger partial charge in [-0.1, -0.05) is 0 Å². The molecule has 0 radical (unpaired) electrons. The molecule has 4 rings (SSSR count). The van der Waals surface area contributed by atoms with Crippen LogP contribution in [-0.2, 0) is 15.7 Å². The van der Waals surface area contributed by atoms with Crippen LogP contribution < -0.4 is 10.6 Å². The topological polar surface area (TPSA) is 95.5 Å². The summed E-state index contributed by atoms with van der Waals surface area (Å²) in [6.07, 6.45) is -0.538. The number of hydrogen-bond donors (Lipinski definition) is 2. The van der Waals surface area contributed by atoms with Crippen LogP contribution in [0.25, 0.3) is 0 Å². The number of piperidine rings is 1. The first kappa shape index (κ1) is 25.6. The number of aromatic nitrogens is 3. The molecule has 2 fully saturated rings. The Morgan fingerprint density at radius 3 is 2.80 bits per heavy atom. The SMILES string of the molecule is CN1CCC(c2nc(Nc3ncc(C(F)(F)F)c(NCCCN4CCCOCC4=O)n3)cs2)CC1. The minimum absolute atomic E-state index is 0.0422. The highest BCUT2D eigenvalue weighted by Gasteiger charge is 2.35. The van der Waals surface area contributed by atoms with Crippen LogP contribution in [0.15, 0.2) is 11.6 Å². The van der Waals surface area contributed by atoms with Crippen LogP contribution in [0.5, 0.6) is 0 Å². The molecule has 0 spiro atoms. The van der Waals surface area contributed by atoms with Gasteiger partial charge in [-0.15, -0.1) is 11.3 Å². The molecule has 192 valence electrons. The van der Waals surface area contributed by atoms with Crippen LogP contribution in [0.4, 0.5) is 30.8 Å². The molecule has 0 aliphatic carbocycles. The molecule has 9 nitrogen and oxygen atoms in total. The zero-order valence-corrected chi connectivity index (χ0v) is 20.4. The number of nitrogens with zero attached hydrogens (tertiary/aromatic N) is 5. The van der Waals surface area contributed by atoms with Crippen LogP contribution in [0, 0.1) is 0 Å². The van der Waals surface area contributed by atoms with Crippen molar-refractivity contribution in [3.05, 3.63) is 22.1 Å². The Bertz CT molecular complexity index is 996. The Morgan fingerprint density at radius 1 is 1.23 bits per heavy atom. The van der Waals surface area contributed by atoms with Crippen molar-refractivity contribution >= 4 is 34.8 Å². The quantitative estimate of drug-likeness (QED) is 0.518. The van der Waals surface area contributed by atoms with Gasteiger partial charge in [0.2, 0.25) is 11.9 Å². The number of amides is 1. The maximum Gasteiger partial charge on any atom is 0.421 e. The molecule has 2 aliphatic heterocycles. The molecule has 0 unspecified atom stereocenters. The second-order valence-electron chi connectivity index (χ2n) is 8.79. The van der Waals surface area contributed by atoms with E-state index in [1.807, 2.05) is 5.38 Å². The fourth-order valence-electron chi connectivity index (χ4n) is 4.13. The monoisotopic (exact) mass is 513 g/mol. The molecular weight excluding hydrogens is 483 g/mol. The van der Waals surface area contributed by atoms with Gasteiger partial charge in [-0.3, -0.25) is 4.79 Å². The van der Waals surface area contributed by atoms with Crippen molar-refractivity contribution < 1.29 is 22.7 Å². The van der Waals surface area contributed by atoms with Gasteiger partial charge in [0.1, 0.15) is 23.8 Å². The fraction of sp³-hybridized carbons (Fsp3) is 0.636. The zero-order valence-electron chi connectivity index (χ0n) is 19.6. The summed E-state index contributed by atoms with van der Waals surface area (Å²) in [6.45, 7) is 3.86. The lowest BCUT2D eigenvalue weighted by Gasteiger charge is -2.27. The van der Waals surface area contributed by atoms with E-state index in [9.17, 15) is 18.0 Å². The molecule has 0 aromatic carbocycles. The lowest BCUT2D eigenvalue weighted by molar-refractivity contribution is -0.137. The minimum atomic E-state index is -4.60. The van der Waals surface area contributed by atoms with E-state index in [4.69, 9.17) is 4.74 Å². The van der Waals surface area contributed by atoms with Crippen LogP contribution in [0.2, 0.25) is 0 Å². The van der Waals surface area contributed by atoms with Crippen molar-refractivity contribution in [2.24, 2.45) is 0 Å². The summed E-state index contributed by atoms with van der Waals surface area (Å²) >= 11 is 1.54. The van der Waals surface area contributed by atoms with Crippen molar-refractivity contribution in [3.8, 4) is 0 Å². The number of likely N-dealkylation sites (tertiary alicyclic amines) is 1. The number of carbonyl (C=O) groups excluding carboxylic acids is 1. The lowest BCUT2D eigenvalue weighted by Crippen LogP contribution is -2.34. The Balaban J connectivity index is 1.38. The van der Waals surface area contributed by atoms with Crippen molar-refractivity contribution in [2.75, 3.05) is 63.6 Å². The van der Waals surface area contributed by atoms with Crippen molar-refractivity contribution in [1.29, 1.82) is 0 Å². The van der Waals surface area contributed by atoms with E-state index in [0.29, 0.717) is 37.9 Å². The summed E-state index contributed by atoms with van der Waals surface area (Å²) < 4.78 is 45.8. The number of hydrogen-bond acceptors (Lipinski definition) is 9. The highest BCUT2D eigenvalue weighted by Crippen LogP contribution is 2.35. The maximum atomic E-state index is 13.5. The normalized spacial score (nSPS) is 18.5. The molecule has 2 N–H and O–H groups in total. The summed E-state index contributed by atoms with van der Waals surface area (Å²) in [5.74, 6) is 0.554. The van der Waals surface area contributed by atoms with E-state index < -0.39 is 11.7 Å². The van der Waals surface area contributed by atoms with Gasteiger partial charge in [-0.25, -0.2) is 9.97 Å². The number of nitrogens with one attached hydrogen (secondary N) is 2. The first-order valence-corrected chi connectivity index (χ1v) is 12.6. The van der Waals surface area contributed by atoms with Gasteiger partial charge in [0, 0.05) is 43.7 Å². The number of carbonyl (C=O) groups is 1. The predicted molar refractivity (Wildman–Crippen MR) is 127 cm³/mol. The standard InChI is InChI=1S/C22H30F3N7O2S/c1-31-9-4-15(5-10-31)20-28-17(14-35-20)29-21-27-12-16(22(23,24)25)19(30-21)26-6-2-7-32-8-3-11-34-13-18(32)33/h12,14-15H,2-11,13H2,1H3,(H2,26,27,29,30). The molecule has 4 heterocycles. The van der Waals surface area contributed by atoms with E-state index >= 15 is 0 Å². The first-order valence-electron chi connectivity index (χ1n) is 11.7. The number of halogens is 3. The molecule has 0 saturated carbocycles. The zero-order chi connectivity index (χ0) is 24.8. The van der Waals surface area contributed by atoms with Gasteiger partial charge >= 0.3 is 6.18 Å². The third kappa shape index (κ3) is 7.01. The van der Waals surface area contributed by atoms with Gasteiger partial charge in [-0.05, 0) is 45.8 Å². The summed E-state index contributed by atoms with van der Waals surface area (Å²) in [5.41, 5.74) is -0.937. The van der Waals surface area contributed by atoms with Gasteiger partial charge < -0.3 is 25.2 Å². The van der Waals surface area contributed by atoms with Gasteiger partial charge in [0.25, 0.3) is 0 Å². The van der Waals surface area contributed by atoms with Gasteiger partial charge in [0.15, 0.2) is 0 Å². The number of anilines is 3. The molecule has 2 aromatic rings. The number of rotatable bonds is 8. The van der Waals surface area contributed by atoms with Crippen LogP contribution >= 0.6 is 11.3 Å². The van der Waals surface area contributed by atoms with Crippen LogP contribution in [0.3, 0.4) is 0 Å². The van der Waals surface area contributed by atoms with E-state index in [0.717, 1.165) is 43.6 Å². The lowest BCUT2D eigenvalue weighted by atomic mass is 9.98. The predicted octanol–water partition coefficient (Wildman–Crippen LogP) is 3.56. The number of ether oxygens (including phenoxy) is 1. The Labute approximate surface area is 206 Å². The molecule has 1 amide bonds. The van der Waals surface area contributed by atoms with Gasteiger partial charge in [0.05, 0.1) is 5.01 Å². The van der Waals surface area contributed by atoms with E-state index in [1.54, 1.807) is 4.90 Å². The Morgan fingerprint density at radius 2 is 2.03 bits per heavy atom. The van der Waals surface area contributed by atoms with Crippen molar-refractivity contribution in [1.82, 2.24) is 24.8 Å². The average molecular weight is 514 g/mol. The third-order valence-corrected chi connectivity index (χ3v) is 7.12. The smallest absolute Gasteiger partial charge is 0.372 e. The largest absolute Gasteiger partial charge is 0.421 e. The number of alkyl halides is 3. The first-order chi connectivity index (χ1) is 16.8. The molecule has 13 heteroatoms. The molecule has 2 saturated heterocycles. The summed E-state index contributed by atoms with van der Waals surface area (Å²) in [4.78, 5) is 28.5. The summed E-state index contributed by atoms with van der Waals surface area (Å²) in [7, 11) is 2.10.